The summed E-state index contributed by atoms with van der Waals surface area (Å²) in [6.07, 6.45) is 5.78. The zero-order chi connectivity index (χ0) is 14.8. The SMILES string of the molecule is O=C1CCCCCC1c1nc(-c2ncc(Cl)cc2Cl)no1. The standard InChI is InChI=1S/C14H13Cl2N3O2/c15-8-6-10(16)12(17-7-8)13-18-14(21-19-13)9-4-2-1-3-5-11(9)20/h6-7,9H,1-5H2. The van der Waals surface area contributed by atoms with E-state index in [9.17, 15) is 4.79 Å². The summed E-state index contributed by atoms with van der Waals surface area (Å²) < 4.78 is 5.26. The minimum atomic E-state index is -0.306. The van der Waals surface area contributed by atoms with Crippen LogP contribution in [-0.2, 0) is 4.79 Å². The van der Waals surface area contributed by atoms with Gasteiger partial charge in [-0.25, -0.2) is 4.98 Å². The van der Waals surface area contributed by atoms with Crippen LogP contribution in [0.4, 0.5) is 0 Å². The van der Waals surface area contributed by atoms with Crippen molar-refractivity contribution < 1.29 is 9.32 Å². The second-order valence-electron chi connectivity index (χ2n) is 5.06. The van der Waals surface area contributed by atoms with Gasteiger partial charge in [-0.1, -0.05) is 41.2 Å². The maximum absolute atomic E-state index is 12.1. The fourth-order valence-electron chi connectivity index (χ4n) is 2.47. The maximum atomic E-state index is 12.1. The van der Waals surface area contributed by atoms with Crippen LogP contribution in [0.2, 0.25) is 10.0 Å². The molecule has 0 radical (unpaired) electrons. The van der Waals surface area contributed by atoms with Gasteiger partial charge in [0.25, 0.3) is 0 Å². The van der Waals surface area contributed by atoms with Crippen molar-refractivity contribution in [3.05, 3.63) is 28.2 Å². The number of carbonyl (C=O) groups excluding carboxylic acids is 1. The maximum Gasteiger partial charge on any atom is 0.237 e. The zero-order valence-electron chi connectivity index (χ0n) is 11.2. The Hall–Kier alpha value is -1.46. The molecule has 2 heterocycles. The first kappa shape index (κ1) is 14.5. The number of halogens is 2. The molecule has 1 aliphatic rings. The molecule has 2 aromatic heterocycles. The van der Waals surface area contributed by atoms with Crippen molar-refractivity contribution in [2.24, 2.45) is 0 Å². The highest BCUT2D eigenvalue weighted by Gasteiger charge is 2.28. The second-order valence-corrected chi connectivity index (χ2v) is 5.90. The van der Waals surface area contributed by atoms with Gasteiger partial charge in [-0.15, -0.1) is 0 Å². The highest BCUT2D eigenvalue weighted by Crippen LogP contribution is 2.31. The molecule has 1 fully saturated rings. The van der Waals surface area contributed by atoms with E-state index < -0.39 is 0 Å². The number of Topliss-reactive ketones (excluding diaryl/α,β-unsaturated/α-hetero) is 1. The topological polar surface area (TPSA) is 68.9 Å². The normalized spacial score (nSPS) is 19.5. The smallest absolute Gasteiger partial charge is 0.237 e. The highest BCUT2D eigenvalue weighted by atomic mass is 35.5. The van der Waals surface area contributed by atoms with Gasteiger partial charge in [-0.05, 0) is 18.9 Å². The van der Waals surface area contributed by atoms with Crippen LogP contribution in [-0.4, -0.2) is 20.9 Å². The number of ketones is 1. The van der Waals surface area contributed by atoms with E-state index in [-0.39, 0.29) is 17.5 Å². The summed E-state index contributed by atoms with van der Waals surface area (Å²) in [4.78, 5) is 20.5. The van der Waals surface area contributed by atoms with Crippen LogP contribution in [0.5, 0.6) is 0 Å². The largest absolute Gasteiger partial charge is 0.338 e. The molecule has 0 aliphatic heterocycles. The van der Waals surface area contributed by atoms with Gasteiger partial charge in [-0.3, -0.25) is 4.79 Å². The average molecular weight is 326 g/mol. The molecule has 21 heavy (non-hydrogen) atoms. The predicted molar refractivity (Wildman–Crippen MR) is 78.4 cm³/mol. The predicted octanol–water partition coefficient (Wildman–Crippen LogP) is 4.06. The number of hydrogen-bond donors (Lipinski definition) is 0. The summed E-state index contributed by atoms with van der Waals surface area (Å²) in [7, 11) is 0. The van der Waals surface area contributed by atoms with Crippen molar-refractivity contribution in [2.75, 3.05) is 0 Å². The van der Waals surface area contributed by atoms with Crippen molar-refractivity contribution in [3.8, 4) is 11.5 Å². The summed E-state index contributed by atoms with van der Waals surface area (Å²) in [5, 5.41) is 4.67. The number of pyridine rings is 1. The van der Waals surface area contributed by atoms with Gasteiger partial charge < -0.3 is 4.52 Å². The van der Waals surface area contributed by atoms with Gasteiger partial charge in [0.1, 0.15) is 11.5 Å². The molecule has 1 aliphatic carbocycles. The monoisotopic (exact) mass is 325 g/mol. The molecule has 7 heteroatoms. The highest BCUT2D eigenvalue weighted by molar-refractivity contribution is 6.35. The molecule has 0 N–H and O–H groups in total. The van der Waals surface area contributed by atoms with Gasteiger partial charge in [0, 0.05) is 12.6 Å². The molecule has 0 aromatic carbocycles. The fourth-order valence-corrected chi connectivity index (χ4v) is 2.94. The van der Waals surface area contributed by atoms with E-state index in [1.807, 2.05) is 0 Å². The molecule has 0 spiro atoms. The van der Waals surface area contributed by atoms with Crippen LogP contribution < -0.4 is 0 Å². The van der Waals surface area contributed by atoms with Gasteiger partial charge in [0.05, 0.1) is 16.0 Å². The van der Waals surface area contributed by atoms with Gasteiger partial charge >= 0.3 is 0 Å². The zero-order valence-corrected chi connectivity index (χ0v) is 12.7. The minimum absolute atomic E-state index is 0.165. The minimum Gasteiger partial charge on any atom is -0.338 e. The van der Waals surface area contributed by atoms with Crippen molar-refractivity contribution in [1.29, 1.82) is 0 Å². The summed E-state index contributed by atoms with van der Waals surface area (Å²) in [6.45, 7) is 0. The average Bonchev–Trinajstić information content (AvgIpc) is 2.82. The number of hydrogen-bond acceptors (Lipinski definition) is 5. The van der Waals surface area contributed by atoms with Crippen molar-refractivity contribution in [1.82, 2.24) is 15.1 Å². The lowest BCUT2D eigenvalue weighted by Crippen LogP contribution is -2.10. The Morgan fingerprint density at radius 2 is 2.10 bits per heavy atom. The van der Waals surface area contributed by atoms with E-state index in [0.29, 0.717) is 28.1 Å². The third kappa shape index (κ3) is 3.09. The molecule has 1 saturated carbocycles. The Bertz CT molecular complexity index is 672. The van der Waals surface area contributed by atoms with Crippen molar-refractivity contribution in [3.63, 3.8) is 0 Å². The van der Waals surface area contributed by atoms with Crippen LogP contribution in [0.1, 0.15) is 43.9 Å². The molecule has 1 atom stereocenters. The Kier molecular flexibility index (Phi) is 4.22. The quantitative estimate of drug-likeness (QED) is 0.779. The lowest BCUT2D eigenvalue weighted by atomic mass is 9.99. The molecule has 3 rings (SSSR count). The Morgan fingerprint density at radius 3 is 2.90 bits per heavy atom. The number of carbonyl (C=O) groups is 1. The van der Waals surface area contributed by atoms with Crippen LogP contribution in [0.15, 0.2) is 16.8 Å². The third-order valence-electron chi connectivity index (χ3n) is 3.56. The lowest BCUT2D eigenvalue weighted by Gasteiger charge is -2.06. The molecular formula is C14H13Cl2N3O2. The summed E-state index contributed by atoms with van der Waals surface area (Å²) in [5.74, 6) is 0.492. The molecule has 0 amide bonds. The van der Waals surface area contributed by atoms with E-state index in [2.05, 4.69) is 15.1 Å². The van der Waals surface area contributed by atoms with Gasteiger partial charge in [0.15, 0.2) is 0 Å². The second kappa shape index (κ2) is 6.12. The van der Waals surface area contributed by atoms with Crippen molar-refractivity contribution in [2.45, 2.75) is 38.0 Å². The van der Waals surface area contributed by atoms with Crippen LogP contribution in [0.3, 0.4) is 0 Å². The van der Waals surface area contributed by atoms with E-state index >= 15 is 0 Å². The number of aromatic nitrogens is 3. The van der Waals surface area contributed by atoms with E-state index in [0.717, 1.165) is 25.7 Å². The molecule has 2 aromatic rings. The van der Waals surface area contributed by atoms with E-state index in [1.165, 1.54) is 6.20 Å². The van der Waals surface area contributed by atoms with Crippen LogP contribution in [0, 0.1) is 0 Å². The first-order valence-electron chi connectivity index (χ1n) is 6.83. The first-order valence-corrected chi connectivity index (χ1v) is 7.58. The van der Waals surface area contributed by atoms with E-state index in [1.54, 1.807) is 6.07 Å². The Morgan fingerprint density at radius 1 is 1.24 bits per heavy atom. The summed E-state index contributed by atoms with van der Waals surface area (Å²) in [6, 6.07) is 1.57. The Balaban J connectivity index is 1.90. The molecule has 5 nitrogen and oxygen atoms in total. The molecule has 0 bridgehead atoms. The van der Waals surface area contributed by atoms with Crippen LogP contribution in [0.25, 0.3) is 11.5 Å². The van der Waals surface area contributed by atoms with Gasteiger partial charge in [0.2, 0.25) is 11.7 Å². The number of nitrogens with zero attached hydrogens (tertiary/aromatic N) is 3. The molecular weight excluding hydrogens is 313 g/mol. The third-order valence-corrected chi connectivity index (χ3v) is 4.06. The molecule has 0 saturated heterocycles. The molecule has 1 unspecified atom stereocenters. The lowest BCUT2D eigenvalue weighted by molar-refractivity contribution is -0.120. The summed E-state index contributed by atoms with van der Waals surface area (Å²) in [5.41, 5.74) is 0.400. The van der Waals surface area contributed by atoms with Crippen molar-refractivity contribution >= 4 is 29.0 Å². The first-order chi connectivity index (χ1) is 10.1. The summed E-state index contributed by atoms with van der Waals surface area (Å²) >= 11 is 11.9. The van der Waals surface area contributed by atoms with E-state index in [4.69, 9.17) is 27.7 Å². The Labute approximate surface area is 131 Å². The number of rotatable bonds is 2. The molecule has 110 valence electrons. The fraction of sp³-hybridized carbons (Fsp3) is 0.429. The van der Waals surface area contributed by atoms with Gasteiger partial charge in [-0.2, -0.15) is 4.98 Å². The van der Waals surface area contributed by atoms with Crippen LogP contribution >= 0.6 is 23.2 Å².